The van der Waals surface area contributed by atoms with E-state index in [1.165, 1.54) is 25.7 Å². The van der Waals surface area contributed by atoms with Crippen molar-refractivity contribution < 1.29 is 0 Å². The van der Waals surface area contributed by atoms with Crippen LogP contribution in [-0.2, 0) is 0 Å². The van der Waals surface area contributed by atoms with Gasteiger partial charge in [0.15, 0.2) is 0 Å². The van der Waals surface area contributed by atoms with Crippen LogP contribution >= 0.6 is 11.6 Å². The van der Waals surface area contributed by atoms with Crippen LogP contribution in [0.2, 0.25) is 0 Å². The highest BCUT2D eigenvalue weighted by atomic mass is 35.5. The summed E-state index contributed by atoms with van der Waals surface area (Å²) in [5.41, 5.74) is 0.310. The topological polar surface area (TPSA) is 15.3 Å². The van der Waals surface area contributed by atoms with E-state index in [9.17, 15) is 0 Å². The summed E-state index contributed by atoms with van der Waals surface area (Å²) in [5.74, 6) is 0.831. The Kier molecular flexibility index (Phi) is 5.29. The normalized spacial score (nSPS) is 30.7. The first-order chi connectivity index (χ1) is 7.46. The van der Waals surface area contributed by atoms with Gasteiger partial charge < -0.3 is 10.2 Å². The second-order valence-corrected chi connectivity index (χ2v) is 5.98. The minimum absolute atomic E-state index is 0.310. The first-order valence-corrected chi connectivity index (χ1v) is 6.55. The molecule has 1 fully saturated rings. The van der Waals surface area contributed by atoms with E-state index in [0.717, 1.165) is 12.5 Å². The fourth-order valence-corrected chi connectivity index (χ4v) is 2.88. The molecule has 0 aromatic heterocycles. The minimum atomic E-state index is 0.310. The smallest absolute Gasteiger partial charge is 0.0330 e. The molecule has 1 N–H and O–H groups in total. The summed E-state index contributed by atoms with van der Waals surface area (Å²) >= 11 is 5.78. The SMILES string of the molecule is C=C(Cl)CNCC1(N(C)C)CCCC(C)C1. The van der Waals surface area contributed by atoms with E-state index in [0.29, 0.717) is 17.1 Å². The van der Waals surface area contributed by atoms with E-state index in [-0.39, 0.29) is 0 Å². The van der Waals surface area contributed by atoms with Gasteiger partial charge in [0.1, 0.15) is 0 Å². The molecule has 0 aliphatic heterocycles. The zero-order valence-corrected chi connectivity index (χ0v) is 11.6. The first kappa shape index (κ1) is 14.0. The van der Waals surface area contributed by atoms with E-state index in [1.807, 2.05) is 0 Å². The van der Waals surface area contributed by atoms with Gasteiger partial charge in [0, 0.05) is 23.7 Å². The summed E-state index contributed by atoms with van der Waals surface area (Å²) < 4.78 is 0. The molecular formula is C13H25ClN2. The van der Waals surface area contributed by atoms with Crippen molar-refractivity contribution in [3.05, 3.63) is 11.6 Å². The van der Waals surface area contributed by atoms with Crippen molar-refractivity contribution in [3.63, 3.8) is 0 Å². The van der Waals surface area contributed by atoms with Crippen molar-refractivity contribution in [1.29, 1.82) is 0 Å². The molecule has 0 aromatic carbocycles. The summed E-state index contributed by atoms with van der Waals surface area (Å²) in [4.78, 5) is 2.38. The largest absolute Gasteiger partial charge is 0.310 e. The second kappa shape index (κ2) is 6.04. The van der Waals surface area contributed by atoms with E-state index in [4.69, 9.17) is 11.6 Å². The van der Waals surface area contributed by atoms with Crippen molar-refractivity contribution >= 4 is 11.6 Å². The Hall–Kier alpha value is -0.0500. The molecule has 0 heterocycles. The van der Waals surface area contributed by atoms with Gasteiger partial charge in [0.25, 0.3) is 0 Å². The molecule has 1 aliphatic carbocycles. The van der Waals surface area contributed by atoms with Crippen LogP contribution in [0.5, 0.6) is 0 Å². The molecule has 0 amide bonds. The van der Waals surface area contributed by atoms with Gasteiger partial charge in [-0.3, -0.25) is 0 Å². The quantitative estimate of drug-likeness (QED) is 0.800. The number of nitrogens with zero attached hydrogens (tertiary/aromatic N) is 1. The number of likely N-dealkylation sites (N-methyl/N-ethyl adjacent to an activating group) is 1. The van der Waals surface area contributed by atoms with Gasteiger partial charge in [-0.15, -0.1) is 0 Å². The van der Waals surface area contributed by atoms with E-state index >= 15 is 0 Å². The molecule has 94 valence electrons. The predicted molar refractivity (Wildman–Crippen MR) is 71.9 cm³/mol. The average Bonchev–Trinajstić information content (AvgIpc) is 2.16. The fraction of sp³-hybridized carbons (Fsp3) is 0.846. The van der Waals surface area contributed by atoms with Crippen molar-refractivity contribution in [3.8, 4) is 0 Å². The molecule has 0 saturated heterocycles. The zero-order chi connectivity index (χ0) is 12.2. The second-order valence-electron chi connectivity index (χ2n) is 5.44. The average molecular weight is 245 g/mol. The molecule has 1 saturated carbocycles. The Balaban J connectivity index is 2.54. The molecule has 16 heavy (non-hydrogen) atoms. The van der Waals surface area contributed by atoms with Gasteiger partial charge >= 0.3 is 0 Å². The number of nitrogens with one attached hydrogen (secondary N) is 1. The van der Waals surface area contributed by atoms with E-state index in [1.54, 1.807) is 0 Å². The molecule has 2 nitrogen and oxygen atoms in total. The maximum Gasteiger partial charge on any atom is 0.0330 e. The number of hydrogen-bond acceptors (Lipinski definition) is 2. The minimum Gasteiger partial charge on any atom is -0.310 e. The highest BCUT2D eigenvalue weighted by Crippen LogP contribution is 2.35. The van der Waals surface area contributed by atoms with Gasteiger partial charge in [0.05, 0.1) is 0 Å². The van der Waals surface area contributed by atoms with Crippen LogP contribution in [0.1, 0.15) is 32.6 Å². The molecule has 2 unspecified atom stereocenters. The molecule has 0 radical (unpaired) electrons. The van der Waals surface area contributed by atoms with Gasteiger partial charge in [-0.05, 0) is 32.9 Å². The van der Waals surface area contributed by atoms with Crippen molar-refractivity contribution in [2.75, 3.05) is 27.2 Å². The van der Waals surface area contributed by atoms with Crippen LogP contribution in [0.25, 0.3) is 0 Å². The number of rotatable bonds is 5. The third-order valence-corrected chi connectivity index (χ3v) is 3.92. The molecule has 2 atom stereocenters. The van der Waals surface area contributed by atoms with Crippen LogP contribution in [-0.4, -0.2) is 37.6 Å². The maximum absolute atomic E-state index is 5.78. The summed E-state index contributed by atoms with van der Waals surface area (Å²) in [6.45, 7) is 7.79. The molecule has 0 aromatic rings. The maximum atomic E-state index is 5.78. The van der Waals surface area contributed by atoms with Crippen molar-refractivity contribution in [2.45, 2.75) is 38.1 Å². The fourth-order valence-electron chi connectivity index (χ4n) is 2.79. The number of halogens is 1. The summed E-state index contributed by atoms with van der Waals surface area (Å²) in [7, 11) is 4.38. The third kappa shape index (κ3) is 3.76. The standard InChI is InChI=1S/C13H25ClN2/c1-11-6-5-7-13(8-11,16(3)4)10-15-9-12(2)14/h11,15H,2,5-10H2,1,3-4H3. The van der Waals surface area contributed by atoms with Gasteiger partial charge in [0.2, 0.25) is 0 Å². The molecule has 1 aliphatic rings. The Morgan fingerprint density at radius 3 is 2.75 bits per heavy atom. The number of hydrogen-bond donors (Lipinski definition) is 1. The van der Waals surface area contributed by atoms with Crippen LogP contribution in [0.4, 0.5) is 0 Å². The molecule has 1 rings (SSSR count). The lowest BCUT2D eigenvalue weighted by Crippen LogP contribution is -2.54. The Labute approximate surface area is 105 Å². The molecule has 0 spiro atoms. The Morgan fingerprint density at radius 2 is 2.25 bits per heavy atom. The lowest BCUT2D eigenvalue weighted by molar-refractivity contribution is 0.0762. The summed E-state index contributed by atoms with van der Waals surface area (Å²) in [5, 5.41) is 4.12. The summed E-state index contributed by atoms with van der Waals surface area (Å²) in [6.07, 6.45) is 5.27. The highest BCUT2D eigenvalue weighted by molar-refractivity contribution is 6.29. The van der Waals surface area contributed by atoms with E-state index in [2.05, 4.69) is 37.8 Å². The Morgan fingerprint density at radius 1 is 1.56 bits per heavy atom. The van der Waals surface area contributed by atoms with Gasteiger partial charge in [-0.1, -0.05) is 37.9 Å². The van der Waals surface area contributed by atoms with E-state index < -0.39 is 0 Å². The molecular weight excluding hydrogens is 220 g/mol. The lowest BCUT2D eigenvalue weighted by atomic mass is 9.75. The predicted octanol–water partition coefficient (Wildman–Crippen LogP) is 2.84. The monoisotopic (exact) mass is 244 g/mol. The van der Waals surface area contributed by atoms with Crippen LogP contribution in [0.15, 0.2) is 11.6 Å². The van der Waals surface area contributed by atoms with Crippen LogP contribution in [0.3, 0.4) is 0 Å². The Bertz CT molecular complexity index is 240. The van der Waals surface area contributed by atoms with Crippen LogP contribution in [0, 0.1) is 5.92 Å². The van der Waals surface area contributed by atoms with Crippen LogP contribution < -0.4 is 5.32 Å². The third-order valence-electron chi connectivity index (χ3n) is 3.79. The summed E-state index contributed by atoms with van der Waals surface area (Å²) in [6, 6.07) is 0. The highest BCUT2D eigenvalue weighted by Gasteiger charge is 2.36. The first-order valence-electron chi connectivity index (χ1n) is 6.18. The van der Waals surface area contributed by atoms with Crippen molar-refractivity contribution in [1.82, 2.24) is 10.2 Å². The molecule has 0 bridgehead atoms. The molecule has 3 heteroatoms. The van der Waals surface area contributed by atoms with Gasteiger partial charge in [-0.25, -0.2) is 0 Å². The zero-order valence-electron chi connectivity index (χ0n) is 10.9. The van der Waals surface area contributed by atoms with Gasteiger partial charge in [-0.2, -0.15) is 0 Å². The lowest BCUT2D eigenvalue weighted by Gasteiger charge is -2.45. The van der Waals surface area contributed by atoms with Crippen molar-refractivity contribution in [2.24, 2.45) is 5.92 Å².